The number of rotatable bonds is 5. The van der Waals surface area contributed by atoms with E-state index in [9.17, 15) is 18.0 Å². The zero-order valence-corrected chi connectivity index (χ0v) is 16.9. The zero-order chi connectivity index (χ0) is 22.7. The van der Waals surface area contributed by atoms with E-state index in [0.717, 1.165) is 5.56 Å². The summed E-state index contributed by atoms with van der Waals surface area (Å²) in [5, 5.41) is 3.11. The number of aromatic amines is 1. The van der Waals surface area contributed by atoms with Crippen molar-refractivity contribution in [3.8, 4) is 22.7 Å². The van der Waals surface area contributed by atoms with Gasteiger partial charge in [-0.15, -0.1) is 13.2 Å². The van der Waals surface area contributed by atoms with E-state index >= 15 is 0 Å². The normalized spacial score (nSPS) is 12.1. The van der Waals surface area contributed by atoms with E-state index in [4.69, 9.17) is 0 Å². The van der Waals surface area contributed by atoms with Gasteiger partial charge in [0.25, 0.3) is 5.56 Å². The highest BCUT2D eigenvalue weighted by Crippen LogP contribution is 2.33. The van der Waals surface area contributed by atoms with Crippen LogP contribution >= 0.6 is 0 Å². The summed E-state index contributed by atoms with van der Waals surface area (Å²) in [6, 6.07) is 23.7. The Bertz CT molecular complexity index is 1310. The van der Waals surface area contributed by atoms with Gasteiger partial charge in [0.1, 0.15) is 5.69 Å². The lowest BCUT2D eigenvalue weighted by Crippen LogP contribution is -2.19. The van der Waals surface area contributed by atoms with Crippen molar-refractivity contribution in [3.05, 3.63) is 101 Å². The number of halogens is 3. The molecule has 0 saturated heterocycles. The molecule has 0 unspecified atom stereocenters. The first-order valence-corrected chi connectivity index (χ1v) is 9.70. The number of alkyl halides is 3. The third kappa shape index (κ3) is 4.49. The number of hydrogen-bond donors (Lipinski definition) is 1. The maximum Gasteiger partial charge on any atom is 0.573 e. The van der Waals surface area contributed by atoms with E-state index < -0.39 is 12.1 Å². The van der Waals surface area contributed by atoms with Gasteiger partial charge in [0.2, 0.25) is 0 Å². The average Bonchev–Trinajstić information content (AvgIpc) is 3.12. The Labute approximate surface area is 181 Å². The molecule has 0 atom stereocenters. The highest BCUT2D eigenvalue weighted by Gasteiger charge is 2.32. The van der Waals surface area contributed by atoms with Gasteiger partial charge in [0, 0.05) is 5.56 Å². The maximum atomic E-state index is 13.3. The van der Waals surface area contributed by atoms with E-state index in [1.54, 1.807) is 37.3 Å². The van der Waals surface area contributed by atoms with Crippen molar-refractivity contribution >= 4 is 11.4 Å². The summed E-state index contributed by atoms with van der Waals surface area (Å²) in [7, 11) is 0. The average molecular weight is 437 g/mol. The monoisotopic (exact) mass is 437 g/mol. The van der Waals surface area contributed by atoms with Crippen molar-refractivity contribution in [2.75, 3.05) is 0 Å². The van der Waals surface area contributed by atoms with Gasteiger partial charge in [-0.1, -0.05) is 60.7 Å². The summed E-state index contributed by atoms with van der Waals surface area (Å²) in [4.78, 5) is 17.7. The lowest BCUT2D eigenvalue weighted by molar-refractivity contribution is -0.274. The molecule has 0 amide bonds. The van der Waals surface area contributed by atoms with E-state index in [1.807, 2.05) is 36.4 Å². The van der Waals surface area contributed by atoms with Crippen LogP contribution in [-0.2, 0) is 0 Å². The lowest BCUT2D eigenvalue weighted by Gasteiger charge is -2.11. The minimum atomic E-state index is -4.86. The number of benzene rings is 3. The van der Waals surface area contributed by atoms with Gasteiger partial charge in [0.05, 0.1) is 22.7 Å². The highest BCUT2D eigenvalue weighted by molar-refractivity contribution is 6.05. The molecule has 4 rings (SSSR count). The SMILES string of the molecule is CC(=Nc1ccccc1OC(F)(F)F)c1c(-c2ccccc2)[nH]n(-c2ccccc2)c1=O. The van der Waals surface area contributed by atoms with E-state index in [-0.39, 0.29) is 22.5 Å². The molecule has 1 N–H and O–H groups in total. The molecule has 5 nitrogen and oxygen atoms in total. The van der Waals surface area contributed by atoms with Gasteiger partial charge >= 0.3 is 6.36 Å². The number of H-pyrrole nitrogens is 1. The number of aromatic nitrogens is 2. The largest absolute Gasteiger partial charge is 0.573 e. The highest BCUT2D eigenvalue weighted by atomic mass is 19.4. The van der Waals surface area contributed by atoms with Crippen molar-refractivity contribution in [2.24, 2.45) is 4.99 Å². The molecule has 8 heteroatoms. The summed E-state index contributed by atoms with van der Waals surface area (Å²) in [5.74, 6) is -0.445. The van der Waals surface area contributed by atoms with Gasteiger partial charge in [-0.05, 0) is 31.2 Å². The van der Waals surface area contributed by atoms with Crippen LogP contribution in [0.2, 0.25) is 0 Å². The summed E-state index contributed by atoms with van der Waals surface area (Å²) >= 11 is 0. The van der Waals surface area contributed by atoms with Crippen LogP contribution in [-0.4, -0.2) is 21.9 Å². The molecule has 0 fully saturated rings. The molecule has 3 aromatic carbocycles. The number of para-hydroxylation sites is 3. The third-order valence-corrected chi connectivity index (χ3v) is 4.71. The quantitative estimate of drug-likeness (QED) is 0.397. The molecule has 0 spiro atoms. The summed E-state index contributed by atoms with van der Waals surface area (Å²) in [6.07, 6.45) is -4.86. The third-order valence-electron chi connectivity index (χ3n) is 4.71. The van der Waals surface area contributed by atoms with Crippen molar-refractivity contribution in [2.45, 2.75) is 13.3 Å². The molecule has 4 aromatic rings. The second kappa shape index (κ2) is 8.58. The Morgan fingerprint density at radius 2 is 1.50 bits per heavy atom. The van der Waals surface area contributed by atoms with E-state index in [0.29, 0.717) is 11.4 Å². The molecule has 0 radical (unpaired) electrons. The Morgan fingerprint density at radius 3 is 2.16 bits per heavy atom. The zero-order valence-electron chi connectivity index (χ0n) is 16.9. The molecule has 162 valence electrons. The molecule has 0 aliphatic heterocycles. The van der Waals surface area contributed by atoms with E-state index in [2.05, 4.69) is 14.8 Å². The maximum absolute atomic E-state index is 13.3. The molecule has 0 saturated carbocycles. The Morgan fingerprint density at radius 1 is 0.906 bits per heavy atom. The van der Waals surface area contributed by atoms with Crippen LogP contribution in [0.1, 0.15) is 12.5 Å². The van der Waals surface area contributed by atoms with Crippen LogP contribution in [0.3, 0.4) is 0 Å². The number of ether oxygens (including phenoxy) is 1. The molecule has 32 heavy (non-hydrogen) atoms. The standard InChI is InChI=1S/C24H18F3N3O2/c1-16(28-19-14-8-9-15-20(19)32-24(25,26)27)21-22(17-10-4-2-5-11-17)29-30(23(21)31)18-12-6-3-7-13-18/h2-15,29H,1H3. The van der Waals surface area contributed by atoms with Crippen LogP contribution in [0.15, 0.2) is 94.7 Å². The van der Waals surface area contributed by atoms with Crippen LogP contribution < -0.4 is 10.3 Å². The second-order valence-corrected chi connectivity index (χ2v) is 6.92. The minimum Gasteiger partial charge on any atom is -0.403 e. The van der Waals surface area contributed by atoms with Crippen LogP contribution in [0.4, 0.5) is 18.9 Å². The molecule has 1 aromatic heterocycles. The number of aliphatic imine (C=N–C) groups is 1. The summed E-state index contributed by atoms with van der Waals surface area (Å²) in [6.45, 7) is 1.58. The fourth-order valence-corrected chi connectivity index (χ4v) is 3.34. The van der Waals surface area contributed by atoms with Gasteiger partial charge in [0.15, 0.2) is 5.75 Å². The Kier molecular flexibility index (Phi) is 5.68. The van der Waals surface area contributed by atoms with Crippen LogP contribution in [0, 0.1) is 0 Å². The van der Waals surface area contributed by atoms with Crippen molar-refractivity contribution < 1.29 is 17.9 Å². The topological polar surface area (TPSA) is 59.4 Å². The number of nitrogens with one attached hydrogen (secondary N) is 1. The van der Waals surface area contributed by atoms with Crippen molar-refractivity contribution in [1.82, 2.24) is 9.78 Å². The number of nitrogens with zero attached hydrogens (tertiary/aromatic N) is 2. The summed E-state index contributed by atoms with van der Waals surface area (Å²) < 4.78 is 43.9. The van der Waals surface area contributed by atoms with Crippen molar-refractivity contribution in [1.29, 1.82) is 0 Å². The summed E-state index contributed by atoms with van der Waals surface area (Å²) in [5.41, 5.74) is 1.96. The first kappa shape index (κ1) is 21.2. The predicted octanol–water partition coefficient (Wildman–Crippen LogP) is 5.87. The first-order valence-electron chi connectivity index (χ1n) is 9.70. The molecule has 1 heterocycles. The van der Waals surface area contributed by atoms with Gasteiger partial charge in [-0.3, -0.25) is 9.89 Å². The number of hydrogen-bond acceptors (Lipinski definition) is 3. The smallest absolute Gasteiger partial charge is 0.403 e. The van der Waals surface area contributed by atoms with Crippen LogP contribution in [0.25, 0.3) is 16.9 Å². The Balaban J connectivity index is 1.88. The molecule has 0 aliphatic rings. The van der Waals surface area contributed by atoms with Gasteiger partial charge in [-0.25, -0.2) is 9.67 Å². The van der Waals surface area contributed by atoms with Crippen molar-refractivity contribution in [3.63, 3.8) is 0 Å². The van der Waals surface area contributed by atoms with Gasteiger partial charge in [-0.2, -0.15) is 0 Å². The Hall–Kier alpha value is -4.07. The van der Waals surface area contributed by atoms with Crippen LogP contribution in [0.5, 0.6) is 5.75 Å². The fraction of sp³-hybridized carbons (Fsp3) is 0.0833. The van der Waals surface area contributed by atoms with Gasteiger partial charge < -0.3 is 4.74 Å². The minimum absolute atomic E-state index is 0.0341. The lowest BCUT2D eigenvalue weighted by atomic mass is 10.1. The molecular weight excluding hydrogens is 419 g/mol. The second-order valence-electron chi connectivity index (χ2n) is 6.92. The van der Waals surface area contributed by atoms with E-state index in [1.165, 1.54) is 22.9 Å². The fourth-order valence-electron chi connectivity index (χ4n) is 3.34. The predicted molar refractivity (Wildman–Crippen MR) is 117 cm³/mol. The molecule has 0 aliphatic carbocycles. The first-order chi connectivity index (χ1) is 15.3. The molecule has 0 bridgehead atoms. The molecular formula is C24H18F3N3O2.